The molecule has 0 aliphatic carbocycles. The van der Waals surface area contributed by atoms with E-state index < -0.39 is 11.0 Å². The Morgan fingerprint density at radius 2 is 1.45 bits per heavy atom. The summed E-state index contributed by atoms with van der Waals surface area (Å²) in [5.41, 5.74) is 4.57. The van der Waals surface area contributed by atoms with Crippen LogP contribution in [0.25, 0.3) is 11.1 Å². The molecule has 0 spiro atoms. The third-order valence-electron chi connectivity index (χ3n) is 2.50. The largest absolute Gasteiger partial charge is 2.00 e. The van der Waals surface area contributed by atoms with Gasteiger partial charge in [-0.1, -0.05) is 29.8 Å². The Labute approximate surface area is 134 Å². The third kappa shape index (κ3) is 5.76. The number of nitrogens with one attached hydrogen (secondary N) is 1. The van der Waals surface area contributed by atoms with Gasteiger partial charge >= 0.3 is 20.4 Å². The molecule has 0 aromatic heterocycles. The third-order valence-corrected chi connectivity index (χ3v) is 2.50. The summed E-state index contributed by atoms with van der Waals surface area (Å²) < 4.78 is 24.1. The maximum Gasteiger partial charge on any atom is 2.00 e. The van der Waals surface area contributed by atoms with Crippen LogP contribution in [-0.2, 0) is 39.8 Å². The molecule has 0 aliphatic heterocycles. The molecule has 0 amide bonds. The van der Waals surface area contributed by atoms with Crippen LogP contribution in [0.3, 0.4) is 0 Å². The van der Waals surface area contributed by atoms with Crippen LogP contribution in [0.15, 0.2) is 48.5 Å². The number of hydrogen-bond acceptors (Lipinski definition) is 4. The van der Waals surface area contributed by atoms with Crippen molar-refractivity contribution in [2.45, 2.75) is 0 Å². The molecule has 6 heteroatoms. The maximum absolute atomic E-state index is 8.56. The summed E-state index contributed by atoms with van der Waals surface area (Å²) in [6, 6.07) is 16.4. The van der Waals surface area contributed by atoms with E-state index in [1.807, 2.05) is 37.4 Å². The quantitative estimate of drug-likeness (QED) is 0.274. The molecule has 0 heterocycles. The Bertz CT molecular complexity index is 607. The molecule has 4 nitrogen and oxygen atoms in total. The summed E-state index contributed by atoms with van der Waals surface area (Å²) in [5, 5.41) is 3.19. The molecule has 0 unspecified atom stereocenters. The van der Waals surface area contributed by atoms with Crippen LogP contribution < -0.4 is 5.32 Å². The van der Waals surface area contributed by atoms with E-state index in [0.29, 0.717) is 0 Å². The first-order chi connectivity index (χ1) is 9.06. The minimum absolute atomic E-state index is 0. The van der Waals surface area contributed by atoms with Crippen LogP contribution in [0.2, 0.25) is 0 Å². The monoisotopic (exact) mass is 383 g/mol. The van der Waals surface area contributed by atoms with Gasteiger partial charge in [-0.3, -0.25) is 0 Å². The van der Waals surface area contributed by atoms with Crippen molar-refractivity contribution in [2.24, 2.45) is 0 Å². The summed E-state index contributed by atoms with van der Waals surface area (Å²) in [4.78, 5) is 0. The zero-order valence-electron chi connectivity index (χ0n) is 10.8. The molecule has 2 aromatic rings. The predicted molar refractivity (Wildman–Crippen MR) is 77.3 cm³/mol. The summed E-state index contributed by atoms with van der Waals surface area (Å²) >= 11 is 0. The molecule has 2 rings (SSSR count). The standard InChI is InChI=1S/C14H14N.HO3S.Pd/c1-11-7-3-4-8-12(11)13-9-5-6-10-14(13)15-2;1-4(2)3;/h3-10,15H,1H2,2H3;(H,1,2,3);/q2*-1;+2. The molecule has 20 heavy (non-hydrogen) atoms. The summed E-state index contributed by atoms with van der Waals surface area (Å²) in [6.07, 6.45) is 0. The summed E-state index contributed by atoms with van der Waals surface area (Å²) in [7, 11) is -0.926. The molecule has 0 saturated carbocycles. The molecular weight excluding hydrogens is 369 g/mol. The fraction of sp³-hybridized carbons (Fsp3) is 0.0714. The van der Waals surface area contributed by atoms with Gasteiger partial charge < -0.3 is 18.3 Å². The maximum atomic E-state index is 8.56. The fourth-order valence-corrected chi connectivity index (χ4v) is 1.72. The van der Waals surface area contributed by atoms with Crippen molar-refractivity contribution in [2.75, 3.05) is 12.4 Å². The average Bonchev–Trinajstić information content (AvgIpc) is 2.39. The Morgan fingerprint density at radius 3 is 1.95 bits per heavy atom. The molecule has 110 valence electrons. The summed E-state index contributed by atoms with van der Waals surface area (Å²) in [5.74, 6) is 0. The van der Waals surface area contributed by atoms with E-state index in [1.54, 1.807) is 0 Å². The molecule has 0 radical (unpaired) electrons. The molecular formula is C14H15NO3PdS. The molecule has 2 aromatic carbocycles. The van der Waals surface area contributed by atoms with Crippen LogP contribution in [0.5, 0.6) is 0 Å². The number of benzene rings is 2. The zero-order valence-corrected chi connectivity index (χ0v) is 13.2. The van der Waals surface area contributed by atoms with E-state index in [4.69, 9.17) is 13.0 Å². The van der Waals surface area contributed by atoms with E-state index in [9.17, 15) is 0 Å². The second kappa shape index (κ2) is 9.56. The van der Waals surface area contributed by atoms with Crippen molar-refractivity contribution in [3.05, 3.63) is 61.0 Å². The number of rotatable bonds is 2. The topological polar surface area (TPSA) is 66.4 Å². The van der Waals surface area contributed by atoms with Gasteiger partial charge in [0.15, 0.2) is 0 Å². The number of hydrogen-bond donors (Lipinski definition) is 2. The van der Waals surface area contributed by atoms with E-state index in [2.05, 4.69) is 30.4 Å². The molecule has 0 saturated heterocycles. The smallest absolute Gasteiger partial charge is 0.439 e. The first kappa shape index (κ1) is 18.7. The first-order valence-corrected chi connectivity index (χ1v) is 6.56. The van der Waals surface area contributed by atoms with Crippen molar-refractivity contribution < 1.29 is 33.4 Å². The Morgan fingerprint density at radius 1 is 1.00 bits per heavy atom. The Hall–Kier alpha value is -1.32. The minimum atomic E-state index is -2.86. The van der Waals surface area contributed by atoms with Gasteiger partial charge in [0.1, 0.15) is 0 Å². The van der Waals surface area contributed by atoms with Crippen LogP contribution in [0, 0.1) is 6.92 Å². The molecule has 0 aliphatic rings. The Kier molecular flexibility index (Phi) is 8.93. The van der Waals surface area contributed by atoms with Crippen molar-refractivity contribution in [1.29, 1.82) is 0 Å². The van der Waals surface area contributed by atoms with Crippen molar-refractivity contribution >= 4 is 16.7 Å². The summed E-state index contributed by atoms with van der Waals surface area (Å²) in [6.45, 7) is 4.04. The first-order valence-electron chi connectivity index (χ1n) is 5.52. The van der Waals surface area contributed by atoms with Gasteiger partial charge in [-0.05, 0) is 6.07 Å². The van der Waals surface area contributed by atoms with Crippen LogP contribution >= 0.6 is 0 Å². The van der Waals surface area contributed by atoms with Crippen LogP contribution in [-0.4, -0.2) is 11.6 Å². The van der Waals surface area contributed by atoms with Crippen molar-refractivity contribution in [1.82, 2.24) is 0 Å². The zero-order chi connectivity index (χ0) is 14.3. The van der Waals surface area contributed by atoms with Gasteiger partial charge in [-0.15, -0.1) is 17.7 Å². The Balaban J connectivity index is 0.000000644. The van der Waals surface area contributed by atoms with Crippen molar-refractivity contribution in [3.8, 4) is 11.1 Å². The van der Waals surface area contributed by atoms with Gasteiger partial charge in [0.05, 0.1) is 0 Å². The second-order valence-electron chi connectivity index (χ2n) is 3.67. The van der Waals surface area contributed by atoms with Gasteiger partial charge in [0, 0.05) is 23.7 Å². The molecule has 0 fully saturated rings. The fourth-order valence-electron chi connectivity index (χ4n) is 1.72. The average molecular weight is 384 g/mol. The van der Waals surface area contributed by atoms with Crippen LogP contribution in [0.4, 0.5) is 5.69 Å². The number of para-hydroxylation sites is 1. The van der Waals surface area contributed by atoms with Crippen LogP contribution in [0.1, 0.15) is 5.56 Å². The molecule has 0 atom stereocenters. The van der Waals surface area contributed by atoms with Gasteiger partial charge in [-0.2, -0.15) is 18.6 Å². The molecule has 2 N–H and O–H groups in total. The number of anilines is 1. The predicted octanol–water partition coefficient (Wildman–Crippen LogP) is 3.34. The minimum Gasteiger partial charge on any atom is -0.439 e. The van der Waals surface area contributed by atoms with Crippen molar-refractivity contribution in [3.63, 3.8) is 0 Å². The van der Waals surface area contributed by atoms with Gasteiger partial charge in [-0.25, -0.2) is 0 Å². The van der Waals surface area contributed by atoms with Gasteiger partial charge in [0.25, 0.3) is 0 Å². The SMILES string of the molecule is O=[S-](=O)O.[CH2-]c1ccccc1-c1ccccc1NC.[Pd+2]. The van der Waals surface area contributed by atoms with E-state index in [0.717, 1.165) is 11.3 Å². The van der Waals surface area contributed by atoms with E-state index in [1.165, 1.54) is 11.1 Å². The normalized spacial score (nSPS) is 9.15. The van der Waals surface area contributed by atoms with Gasteiger partial charge in [0.2, 0.25) is 0 Å². The van der Waals surface area contributed by atoms with E-state index in [-0.39, 0.29) is 20.4 Å². The molecule has 0 bridgehead atoms. The van der Waals surface area contributed by atoms with E-state index >= 15 is 0 Å². The second-order valence-corrected chi connectivity index (χ2v) is 4.10.